The topological polar surface area (TPSA) is 29.1 Å². The highest BCUT2D eigenvalue weighted by Crippen LogP contribution is 2.48. The molecule has 2 aromatic rings. The average Bonchev–Trinajstić information content (AvgIpc) is 3.36. The Kier molecular flexibility index (Phi) is 4.58. The number of carbonyl (C=O) groups excluding carboxylic acids is 1. The van der Waals surface area contributed by atoms with E-state index in [1.807, 2.05) is 30.5 Å². The predicted molar refractivity (Wildman–Crippen MR) is 89.1 cm³/mol. The molecule has 1 aliphatic rings. The van der Waals surface area contributed by atoms with Crippen molar-refractivity contribution in [1.82, 2.24) is 0 Å². The van der Waals surface area contributed by atoms with Crippen LogP contribution in [0.3, 0.4) is 0 Å². The van der Waals surface area contributed by atoms with Crippen molar-refractivity contribution in [3.8, 4) is 0 Å². The summed E-state index contributed by atoms with van der Waals surface area (Å²) in [5, 5.41) is 2.86. The molecule has 2 nitrogen and oxygen atoms in total. The van der Waals surface area contributed by atoms with E-state index in [0.29, 0.717) is 6.42 Å². The second-order valence-electron chi connectivity index (χ2n) is 5.79. The Hall–Kier alpha value is -1.95. The van der Waals surface area contributed by atoms with Crippen LogP contribution in [0.15, 0.2) is 53.4 Å². The van der Waals surface area contributed by atoms with E-state index < -0.39 is 11.7 Å². The molecule has 0 heterocycles. The van der Waals surface area contributed by atoms with Gasteiger partial charge in [0.05, 0.1) is 5.56 Å². The summed E-state index contributed by atoms with van der Waals surface area (Å²) in [4.78, 5) is 13.4. The molecule has 2 unspecified atom stereocenters. The molecule has 2 aromatic carbocycles. The number of amides is 1. The lowest BCUT2D eigenvalue weighted by Gasteiger charge is -2.08. The first kappa shape index (κ1) is 16.9. The Balaban J connectivity index is 1.60. The maximum Gasteiger partial charge on any atom is 0.416 e. The van der Waals surface area contributed by atoms with Crippen LogP contribution in [0.5, 0.6) is 0 Å². The van der Waals surface area contributed by atoms with Crippen LogP contribution >= 0.6 is 11.8 Å². The molecular formula is C18H16F3NOS. The Labute approximate surface area is 142 Å². The molecular weight excluding hydrogens is 335 g/mol. The third-order valence-electron chi connectivity index (χ3n) is 4.15. The van der Waals surface area contributed by atoms with Crippen molar-refractivity contribution in [3.63, 3.8) is 0 Å². The number of nitrogens with one attached hydrogen (secondary N) is 1. The number of carbonyl (C=O) groups is 1. The molecule has 2 atom stereocenters. The summed E-state index contributed by atoms with van der Waals surface area (Å²) < 4.78 is 37.7. The summed E-state index contributed by atoms with van der Waals surface area (Å²) in [5.74, 6) is -0.267. The lowest BCUT2D eigenvalue weighted by molar-refractivity contribution is -0.137. The quantitative estimate of drug-likeness (QED) is 0.770. The molecule has 1 N–H and O–H groups in total. The van der Waals surface area contributed by atoms with Gasteiger partial charge in [0.15, 0.2) is 0 Å². The summed E-state index contributed by atoms with van der Waals surface area (Å²) in [5.41, 5.74) is 0.846. The molecule has 1 fully saturated rings. The molecule has 0 saturated heterocycles. The van der Waals surface area contributed by atoms with Crippen molar-refractivity contribution < 1.29 is 18.0 Å². The third kappa shape index (κ3) is 3.75. The van der Waals surface area contributed by atoms with Crippen molar-refractivity contribution in [2.45, 2.75) is 23.4 Å². The molecule has 1 saturated carbocycles. The van der Waals surface area contributed by atoms with Crippen LogP contribution in [-0.2, 0) is 11.0 Å². The molecule has 0 spiro atoms. The van der Waals surface area contributed by atoms with Crippen LogP contribution in [0.1, 0.15) is 23.5 Å². The van der Waals surface area contributed by atoms with Gasteiger partial charge in [-0.2, -0.15) is 13.2 Å². The minimum Gasteiger partial charge on any atom is -0.326 e. The van der Waals surface area contributed by atoms with Gasteiger partial charge in [-0.3, -0.25) is 4.79 Å². The van der Waals surface area contributed by atoms with Gasteiger partial charge in [-0.25, -0.2) is 0 Å². The molecule has 126 valence electrons. The monoisotopic (exact) mass is 351 g/mol. The molecule has 0 radical (unpaired) electrons. The molecule has 1 aliphatic carbocycles. The molecule has 24 heavy (non-hydrogen) atoms. The van der Waals surface area contributed by atoms with Crippen molar-refractivity contribution in [1.29, 1.82) is 0 Å². The van der Waals surface area contributed by atoms with E-state index in [-0.39, 0.29) is 17.7 Å². The molecule has 6 heteroatoms. The zero-order valence-electron chi connectivity index (χ0n) is 12.9. The number of halogens is 3. The van der Waals surface area contributed by atoms with Crippen molar-refractivity contribution in [3.05, 3.63) is 59.7 Å². The van der Waals surface area contributed by atoms with Gasteiger partial charge in [-0.1, -0.05) is 12.1 Å². The van der Waals surface area contributed by atoms with Gasteiger partial charge in [0.2, 0.25) is 5.91 Å². The van der Waals surface area contributed by atoms with Crippen LogP contribution < -0.4 is 5.32 Å². The van der Waals surface area contributed by atoms with Gasteiger partial charge in [-0.05, 0) is 60.6 Å². The first-order chi connectivity index (χ1) is 11.4. The summed E-state index contributed by atoms with van der Waals surface area (Å²) in [6.07, 6.45) is -1.69. The standard InChI is InChI=1S/C18H16F3NOS/c1-24-14-8-6-13(7-9-14)22-17(23)16-10-15(16)11-2-4-12(5-3-11)18(19,20)21/h2-9,15-16H,10H2,1H3,(H,22,23). The summed E-state index contributed by atoms with van der Waals surface area (Å²) >= 11 is 1.62. The van der Waals surface area contributed by atoms with Crippen LogP contribution in [0, 0.1) is 5.92 Å². The van der Waals surface area contributed by atoms with E-state index in [1.165, 1.54) is 12.1 Å². The van der Waals surface area contributed by atoms with E-state index in [0.717, 1.165) is 28.3 Å². The molecule has 3 rings (SSSR count). The number of rotatable bonds is 4. The molecule has 0 bridgehead atoms. The molecule has 0 aromatic heterocycles. The molecule has 0 aliphatic heterocycles. The van der Waals surface area contributed by atoms with E-state index in [4.69, 9.17) is 0 Å². The minimum atomic E-state index is -4.33. The highest BCUT2D eigenvalue weighted by molar-refractivity contribution is 7.98. The number of anilines is 1. The Morgan fingerprint density at radius 3 is 2.25 bits per heavy atom. The number of benzene rings is 2. The first-order valence-electron chi connectivity index (χ1n) is 7.50. The summed E-state index contributed by atoms with van der Waals surface area (Å²) in [7, 11) is 0. The average molecular weight is 351 g/mol. The maximum absolute atomic E-state index is 12.6. The second-order valence-corrected chi connectivity index (χ2v) is 6.67. The Morgan fingerprint density at radius 2 is 1.71 bits per heavy atom. The van der Waals surface area contributed by atoms with E-state index >= 15 is 0 Å². The number of hydrogen-bond donors (Lipinski definition) is 1. The Morgan fingerprint density at radius 1 is 1.08 bits per heavy atom. The van der Waals surface area contributed by atoms with Gasteiger partial charge in [-0.15, -0.1) is 11.8 Å². The van der Waals surface area contributed by atoms with E-state index in [2.05, 4.69) is 5.32 Å². The van der Waals surface area contributed by atoms with Gasteiger partial charge in [0, 0.05) is 16.5 Å². The van der Waals surface area contributed by atoms with Gasteiger partial charge in [0.1, 0.15) is 0 Å². The van der Waals surface area contributed by atoms with Crippen molar-refractivity contribution in [2.75, 3.05) is 11.6 Å². The van der Waals surface area contributed by atoms with Crippen LogP contribution in [-0.4, -0.2) is 12.2 Å². The zero-order valence-corrected chi connectivity index (χ0v) is 13.7. The highest BCUT2D eigenvalue weighted by atomic mass is 32.2. The summed E-state index contributed by atoms with van der Waals surface area (Å²) in [6, 6.07) is 12.6. The highest BCUT2D eigenvalue weighted by Gasteiger charge is 2.44. The number of hydrogen-bond acceptors (Lipinski definition) is 2. The fraction of sp³-hybridized carbons (Fsp3) is 0.278. The lowest BCUT2D eigenvalue weighted by atomic mass is 10.1. The number of thioether (sulfide) groups is 1. The first-order valence-corrected chi connectivity index (χ1v) is 8.73. The SMILES string of the molecule is CSc1ccc(NC(=O)C2CC2c2ccc(C(F)(F)F)cc2)cc1. The lowest BCUT2D eigenvalue weighted by Crippen LogP contribution is -2.14. The fourth-order valence-corrected chi connectivity index (χ4v) is 3.09. The van der Waals surface area contributed by atoms with Gasteiger partial charge >= 0.3 is 6.18 Å². The van der Waals surface area contributed by atoms with Crippen molar-refractivity contribution >= 4 is 23.4 Å². The predicted octanol–water partition coefficient (Wildman–Crippen LogP) is 5.17. The maximum atomic E-state index is 12.6. The van der Waals surface area contributed by atoms with Gasteiger partial charge in [0.25, 0.3) is 0 Å². The molecule has 1 amide bonds. The van der Waals surface area contributed by atoms with E-state index in [1.54, 1.807) is 11.8 Å². The van der Waals surface area contributed by atoms with Crippen LogP contribution in [0.2, 0.25) is 0 Å². The zero-order chi connectivity index (χ0) is 17.3. The Bertz CT molecular complexity index is 725. The number of alkyl halides is 3. The smallest absolute Gasteiger partial charge is 0.326 e. The fourth-order valence-electron chi connectivity index (χ4n) is 2.68. The second kappa shape index (κ2) is 6.51. The van der Waals surface area contributed by atoms with Crippen LogP contribution in [0.4, 0.5) is 18.9 Å². The largest absolute Gasteiger partial charge is 0.416 e. The normalized spacial score (nSPS) is 19.8. The van der Waals surface area contributed by atoms with Crippen LogP contribution in [0.25, 0.3) is 0 Å². The third-order valence-corrected chi connectivity index (χ3v) is 4.89. The van der Waals surface area contributed by atoms with Gasteiger partial charge < -0.3 is 5.32 Å². The van der Waals surface area contributed by atoms with Crippen molar-refractivity contribution in [2.24, 2.45) is 5.92 Å². The van der Waals surface area contributed by atoms with E-state index in [9.17, 15) is 18.0 Å². The summed E-state index contributed by atoms with van der Waals surface area (Å²) in [6.45, 7) is 0. The minimum absolute atomic E-state index is 0.00208.